The monoisotopic (exact) mass is 704 g/mol. The predicted molar refractivity (Wildman–Crippen MR) is 214 cm³/mol. The molecule has 11 heteroatoms. The van der Waals surface area contributed by atoms with Crippen LogP contribution in [0.25, 0.3) is 0 Å². The van der Waals surface area contributed by atoms with Crippen LogP contribution in [0, 0.1) is 11.8 Å². The number of aliphatic imine (C=N–C) groups is 1. The summed E-state index contributed by atoms with van der Waals surface area (Å²) in [6, 6.07) is 0. The van der Waals surface area contributed by atoms with Gasteiger partial charge in [-0.1, -0.05) is 30.9 Å². The molecule has 0 aromatic heterocycles. The Morgan fingerprint density at radius 1 is 0.660 bits per heavy atom. The molecule has 0 radical (unpaired) electrons. The van der Waals surface area contributed by atoms with Crippen LogP contribution in [0.2, 0.25) is 0 Å². The lowest BCUT2D eigenvalue weighted by molar-refractivity contribution is -0.0324. The van der Waals surface area contributed by atoms with Crippen molar-refractivity contribution < 1.29 is 0 Å². The highest BCUT2D eigenvalue weighted by Gasteiger charge is 2.43. The van der Waals surface area contributed by atoms with Crippen molar-refractivity contribution in [2.24, 2.45) is 22.6 Å². The molecule has 0 aromatic rings. The summed E-state index contributed by atoms with van der Waals surface area (Å²) in [4.78, 5) is 10.1. The van der Waals surface area contributed by atoms with E-state index in [2.05, 4.69) is 118 Å². The Morgan fingerprint density at radius 2 is 1.16 bits per heavy atom. The molecule has 3 heterocycles. The van der Waals surface area contributed by atoms with Crippen LogP contribution in [0.1, 0.15) is 132 Å². The third-order valence-corrected chi connectivity index (χ3v) is 12.0. The number of likely N-dealkylation sites (tertiary alicyclic amines) is 2. The summed E-state index contributed by atoms with van der Waals surface area (Å²) < 4.78 is 0. The van der Waals surface area contributed by atoms with Crippen molar-refractivity contribution in [3.05, 3.63) is 11.9 Å². The maximum atomic E-state index is 5.57. The predicted octanol–water partition coefficient (Wildman–Crippen LogP) is 4.70. The molecule has 0 spiro atoms. The zero-order chi connectivity index (χ0) is 36.8. The molecule has 0 amide bonds. The van der Waals surface area contributed by atoms with Gasteiger partial charge in [0.2, 0.25) is 0 Å². The fourth-order valence-electron chi connectivity index (χ4n) is 8.87. The second-order valence-electron chi connectivity index (χ2n) is 18.1. The fourth-order valence-corrected chi connectivity index (χ4v) is 8.87. The van der Waals surface area contributed by atoms with Crippen molar-refractivity contribution in [2.75, 3.05) is 66.5 Å². The zero-order valence-corrected chi connectivity index (χ0v) is 34.2. The van der Waals surface area contributed by atoms with E-state index < -0.39 is 0 Å². The van der Waals surface area contributed by atoms with Crippen LogP contribution in [0.15, 0.2) is 16.9 Å². The zero-order valence-electron chi connectivity index (χ0n) is 34.2. The summed E-state index contributed by atoms with van der Waals surface area (Å²) in [5, 5.41) is 12.5. The van der Waals surface area contributed by atoms with Crippen LogP contribution >= 0.6 is 0 Å². The first kappa shape index (κ1) is 42.9. The molecular formula is C39H81N11. The first-order chi connectivity index (χ1) is 23.6. The molecule has 2 saturated heterocycles. The molecular weight excluding hydrogens is 623 g/mol. The first-order valence-corrected chi connectivity index (χ1v) is 20.2. The molecule has 292 valence electrons. The van der Waals surface area contributed by atoms with E-state index in [1.54, 1.807) is 0 Å². The van der Waals surface area contributed by atoms with Gasteiger partial charge in [-0.15, -0.1) is 0 Å². The van der Waals surface area contributed by atoms with E-state index in [9.17, 15) is 0 Å². The average molecular weight is 704 g/mol. The third-order valence-electron chi connectivity index (χ3n) is 12.0. The highest BCUT2D eigenvalue weighted by Crippen LogP contribution is 2.43. The minimum absolute atomic E-state index is 0.260. The lowest BCUT2D eigenvalue weighted by Crippen LogP contribution is -2.61. The van der Waals surface area contributed by atoms with Gasteiger partial charge in [-0.25, -0.2) is 5.43 Å². The topological polar surface area (TPSA) is 120 Å². The second kappa shape index (κ2) is 20.1. The van der Waals surface area contributed by atoms with Crippen molar-refractivity contribution in [3.8, 4) is 0 Å². The molecule has 3 aliphatic rings. The Bertz CT molecular complexity index is 1000. The number of amidine groups is 1. The third kappa shape index (κ3) is 14.2. The number of nitrogens with zero attached hydrogens (tertiary/aromatic N) is 4. The molecule has 0 atom stereocenters. The Morgan fingerprint density at radius 3 is 1.68 bits per heavy atom. The molecule has 0 saturated carbocycles. The van der Waals surface area contributed by atoms with Crippen LogP contribution in [0.3, 0.4) is 0 Å². The number of nitrogens with two attached hydrogens (primary N) is 1. The highest BCUT2D eigenvalue weighted by molar-refractivity contribution is 5.93. The molecule has 0 bridgehead atoms. The first-order valence-electron chi connectivity index (χ1n) is 20.2. The molecule has 2 fully saturated rings. The van der Waals surface area contributed by atoms with Crippen molar-refractivity contribution in [1.82, 2.24) is 47.3 Å². The minimum Gasteiger partial charge on any atom is -0.371 e. The van der Waals surface area contributed by atoms with E-state index in [1.807, 2.05) is 5.23 Å². The van der Waals surface area contributed by atoms with Crippen molar-refractivity contribution in [1.29, 1.82) is 0 Å². The number of nitrogens with one attached hydrogen (secondary N) is 6. The molecule has 0 aromatic carbocycles. The minimum atomic E-state index is 0.260. The molecule has 8 N–H and O–H groups in total. The molecule has 50 heavy (non-hydrogen) atoms. The van der Waals surface area contributed by atoms with Gasteiger partial charge in [0.1, 0.15) is 11.7 Å². The molecule has 0 unspecified atom stereocenters. The normalized spacial score (nSPS) is 23.8. The van der Waals surface area contributed by atoms with Crippen molar-refractivity contribution in [2.45, 2.75) is 155 Å². The van der Waals surface area contributed by atoms with E-state index in [-0.39, 0.29) is 22.2 Å². The number of hydrazine groups is 3. The molecule has 11 nitrogen and oxygen atoms in total. The van der Waals surface area contributed by atoms with Crippen LogP contribution in [-0.4, -0.2) is 109 Å². The van der Waals surface area contributed by atoms with E-state index >= 15 is 0 Å². The second-order valence-corrected chi connectivity index (χ2v) is 18.1. The van der Waals surface area contributed by atoms with Gasteiger partial charge in [0.25, 0.3) is 0 Å². The van der Waals surface area contributed by atoms with Gasteiger partial charge in [0.15, 0.2) is 0 Å². The van der Waals surface area contributed by atoms with Crippen molar-refractivity contribution in [3.63, 3.8) is 0 Å². The summed E-state index contributed by atoms with van der Waals surface area (Å²) in [6.45, 7) is 26.5. The molecule has 3 rings (SSSR count). The maximum absolute atomic E-state index is 5.57. The van der Waals surface area contributed by atoms with Gasteiger partial charge in [0, 0.05) is 61.0 Å². The fraction of sp³-hybridized carbons (Fsp3) is 0.923. The maximum Gasteiger partial charge on any atom is 0.141 e. The van der Waals surface area contributed by atoms with Crippen LogP contribution in [0.4, 0.5) is 0 Å². The molecule has 3 aliphatic heterocycles. The van der Waals surface area contributed by atoms with Gasteiger partial charge in [-0.05, 0) is 152 Å². The SMILES string of the molecule is CN1C(C)(C)CC(CCCCNC2=CC(=NCCCNCCNCCCN)NN(NCCCCC3CC(C)(C)N(C)C(C)(C)C3)N2)CC1(C)C. The van der Waals surface area contributed by atoms with Gasteiger partial charge in [0.05, 0.1) is 0 Å². The smallest absolute Gasteiger partial charge is 0.141 e. The standard InChI is InChI=1S/C39H81N11/c1-36(2)28-32(29-37(3,4)48(36)9)17-11-13-22-43-34-27-35(44-23-16-21-42-26-25-41-20-15-19-40)47-50(46-34)45-24-14-12-18-33-30-38(5,6)49(10)39(7,8)31-33/h27,32-33,41-43,45-46H,11-26,28-31,40H2,1-10H3,(H,44,47). The Labute approximate surface area is 308 Å². The summed E-state index contributed by atoms with van der Waals surface area (Å²) >= 11 is 0. The molecule has 0 aliphatic carbocycles. The van der Waals surface area contributed by atoms with E-state index in [1.165, 1.54) is 51.4 Å². The average Bonchev–Trinajstić information content (AvgIpc) is 3.02. The van der Waals surface area contributed by atoms with Gasteiger partial charge < -0.3 is 21.7 Å². The van der Waals surface area contributed by atoms with E-state index in [4.69, 9.17) is 10.7 Å². The lowest BCUT2D eigenvalue weighted by atomic mass is 9.72. The van der Waals surface area contributed by atoms with E-state index in [0.717, 1.165) is 102 Å². The quantitative estimate of drug-likeness (QED) is 0.0800. The Balaban J connectivity index is 1.43. The number of piperidine rings is 2. The number of unbranched alkanes of at least 4 members (excludes halogenated alkanes) is 2. The van der Waals surface area contributed by atoms with Gasteiger partial charge >= 0.3 is 0 Å². The lowest BCUT2D eigenvalue weighted by Gasteiger charge is -2.54. The number of hydrogen-bond acceptors (Lipinski definition) is 10. The van der Waals surface area contributed by atoms with Gasteiger partial charge in [-0.3, -0.25) is 25.6 Å². The van der Waals surface area contributed by atoms with Crippen LogP contribution in [-0.2, 0) is 0 Å². The summed E-state index contributed by atoms with van der Waals surface area (Å²) in [5.41, 5.74) is 17.1. The van der Waals surface area contributed by atoms with Crippen LogP contribution in [0.5, 0.6) is 0 Å². The highest BCUT2D eigenvalue weighted by atomic mass is 15.9. The summed E-state index contributed by atoms with van der Waals surface area (Å²) in [7, 11) is 4.60. The van der Waals surface area contributed by atoms with Crippen molar-refractivity contribution >= 4 is 5.84 Å². The van der Waals surface area contributed by atoms with E-state index in [0.29, 0.717) is 0 Å². The number of rotatable bonds is 22. The largest absolute Gasteiger partial charge is 0.371 e. The Hall–Kier alpha value is -1.47. The van der Waals surface area contributed by atoms with Gasteiger partial charge in [-0.2, -0.15) is 0 Å². The summed E-state index contributed by atoms with van der Waals surface area (Å²) in [6.07, 6.45) is 16.7. The van der Waals surface area contributed by atoms with Crippen LogP contribution < -0.4 is 38.0 Å². The number of hydrogen-bond donors (Lipinski definition) is 7. The Kier molecular flexibility index (Phi) is 17.3. The summed E-state index contributed by atoms with van der Waals surface area (Å²) in [5.74, 6) is 3.47.